The fraction of sp³-hybridized carbons (Fsp3) is 0.286. The summed E-state index contributed by atoms with van der Waals surface area (Å²) in [7, 11) is 0. The predicted octanol–water partition coefficient (Wildman–Crippen LogP) is 3.61. The number of aliphatic imine (C=N–C) groups is 1. The highest BCUT2D eigenvalue weighted by molar-refractivity contribution is 14.0. The second-order valence-corrected chi connectivity index (χ2v) is 5.89. The Kier molecular flexibility index (Phi) is 6.41. The third-order valence-corrected chi connectivity index (χ3v) is 3.45. The molecular weight excluding hydrogens is 383 g/mol. The van der Waals surface area contributed by atoms with Crippen LogP contribution in [-0.4, -0.2) is 10.9 Å². The highest BCUT2D eigenvalue weighted by Gasteiger charge is 2.00. The first-order valence-electron chi connectivity index (χ1n) is 6.09. The minimum atomic E-state index is 0. The number of nitrogens with two attached hydrogens (primary N) is 1. The van der Waals surface area contributed by atoms with Crippen LogP contribution in [0.3, 0.4) is 0 Å². The van der Waals surface area contributed by atoms with Crippen LogP contribution < -0.4 is 11.1 Å². The van der Waals surface area contributed by atoms with Crippen LogP contribution in [-0.2, 0) is 6.54 Å². The summed E-state index contributed by atoms with van der Waals surface area (Å²) < 4.78 is 0. The molecule has 3 N–H and O–H groups in total. The van der Waals surface area contributed by atoms with Crippen molar-refractivity contribution in [2.75, 3.05) is 5.32 Å². The zero-order valence-electron chi connectivity index (χ0n) is 11.8. The van der Waals surface area contributed by atoms with Gasteiger partial charge < -0.3 is 11.1 Å². The van der Waals surface area contributed by atoms with E-state index in [2.05, 4.69) is 35.2 Å². The number of rotatable bonds is 3. The number of benzene rings is 1. The predicted molar refractivity (Wildman–Crippen MR) is 97.1 cm³/mol. The fourth-order valence-corrected chi connectivity index (χ4v) is 2.57. The maximum Gasteiger partial charge on any atom is 0.193 e. The summed E-state index contributed by atoms with van der Waals surface area (Å²) in [6.45, 7) is 6.66. The molecule has 0 bridgehead atoms. The van der Waals surface area contributed by atoms with E-state index < -0.39 is 0 Å². The minimum absolute atomic E-state index is 0. The molecule has 0 aliphatic heterocycles. The first kappa shape index (κ1) is 16.9. The first-order valence-corrected chi connectivity index (χ1v) is 6.91. The Morgan fingerprint density at radius 2 is 1.90 bits per heavy atom. The SMILES string of the molecule is Cc1cc(C)cc(NC(N)=NCc2ncc(C)s2)c1.I. The summed E-state index contributed by atoms with van der Waals surface area (Å²) in [4.78, 5) is 9.73. The maximum absolute atomic E-state index is 5.88. The van der Waals surface area contributed by atoms with Crippen LogP contribution in [0.15, 0.2) is 29.4 Å². The van der Waals surface area contributed by atoms with E-state index in [0.717, 1.165) is 10.7 Å². The van der Waals surface area contributed by atoms with Gasteiger partial charge in [0.25, 0.3) is 0 Å². The molecule has 0 saturated carbocycles. The lowest BCUT2D eigenvalue weighted by molar-refractivity contribution is 1.03. The van der Waals surface area contributed by atoms with E-state index in [1.165, 1.54) is 16.0 Å². The Bertz CT molecular complexity index is 587. The van der Waals surface area contributed by atoms with Crippen molar-refractivity contribution in [2.24, 2.45) is 10.7 Å². The van der Waals surface area contributed by atoms with Gasteiger partial charge in [-0.15, -0.1) is 35.3 Å². The molecule has 108 valence electrons. The van der Waals surface area contributed by atoms with Crippen LogP contribution in [0.25, 0.3) is 0 Å². The molecule has 0 spiro atoms. The minimum Gasteiger partial charge on any atom is -0.370 e. The van der Waals surface area contributed by atoms with E-state index in [0.29, 0.717) is 12.5 Å². The Labute approximate surface area is 140 Å². The summed E-state index contributed by atoms with van der Waals surface area (Å²) in [6, 6.07) is 6.21. The molecule has 0 amide bonds. The largest absolute Gasteiger partial charge is 0.370 e. The van der Waals surface area contributed by atoms with Crippen molar-refractivity contribution in [3.05, 3.63) is 45.4 Å². The summed E-state index contributed by atoms with van der Waals surface area (Å²) in [5, 5.41) is 4.08. The molecule has 2 rings (SSSR count). The Morgan fingerprint density at radius 3 is 2.45 bits per heavy atom. The summed E-state index contributed by atoms with van der Waals surface area (Å²) in [5.74, 6) is 0.415. The summed E-state index contributed by atoms with van der Waals surface area (Å²) in [5.41, 5.74) is 9.24. The van der Waals surface area contributed by atoms with Crippen LogP contribution >= 0.6 is 35.3 Å². The van der Waals surface area contributed by atoms with Gasteiger partial charge in [0, 0.05) is 16.8 Å². The molecule has 1 aromatic carbocycles. The molecule has 6 heteroatoms. The number of guanidine groups is 1. The lowest BCUT2D eigenvalue weighted by Gasteiger charge is -2.07. The van der Waals surface area contributed by atoms with E-state index in [9.17, 15) is 0 Å². The van der Waals surface area contributed by atoms with Gasteiger partial charge in [-0.3, -0.25) is 0 Å². The molecular formula is C14H19IN4S. The number of thiazole rings is 1. The van der Waals surface area contributed by atoms with Crippen LogP contribution in [0.2, 0.25) is 0 Å². The van der Waals surface area contributed by atoms with Crippen molar-refractivity contribution >= 4 is 47.0 Å². The number of anilines is 1. The normalized spacial score (nSPS) is 11.1. The highest BCUT2D eigenvalue weighted by Crippen LogP contribution is 2.14. The molecule has 4 nitrogen and oxygen atoms in total. The van der Waals surface area contributed by atoms with E-state index in [4.69, 9.17) is 5.73 Å². The van der Waals surface area contributed by atoms with Crippen molar-refractivity contribution in [3.8, 4) is 0 Å². The third kappa shape index (κ3) is 5.09. The molecule has 0 fully saturated rings. The number of hydrogen-bond donors (Lipinski definition) is 2. The van der Waals surface area contributed by atoms with E-state index in [1.807, 2.05) is 25.3 Å². The van der Waals surface area contributed by atoms with E-state index in [1.54, 1.807) is 11.3 Å². The lowest BCUT2D eigenvalue weighted by Crippen LogP contribution is -2.22. The number of hydrogen-bond acceptors (Lipinski definition) is 3. The van der Waals surface area contributed by atoms with Gasteiger partial charge in [-0.2, -0.15) is 0 Å². The van der Waals surface area contributed by atoms with E-state index >= 15 is 0 Å². The molecule has 0 atom stereocenters. The zero-order chi connectivity index (χ0) is 13.8. The van der Waals surface area contributed by atoms with Crippen molar-refractivity contribution in [1.82, 2.24) is 4.98 Å². The second-order valence-electron chi connectivity index (χ2n) is 4.57. The first-order chi connectivity index (χ1) is 9.02. The topological polar surface area (TPSA) is 63.3 Å². The molecule has 0 saturated heterocycles. The zero-order valence-corrected chi connectivity index (χ0v) is 15.0. The molecule has 0 aliphatic carbocycles. The monoisotopic (exact) mass is 402 g/mol. The molecule has 2 aromatic rings. The molecule has 0 aliphatic rings. The molecule has 0 unspecified atom stereocenters. The average molecular weight is 402 g/mol. The number of halogens is 1. The number of nitrogens with one attached hydrogen (secondary N) is 1. The quantitative estimate of drug-likeness (QED) is 0.469. The van der Waals surface area contributed by atoms with Gasteiger partial charge in [-0.05, 0) is 44.0 Å². The Balaban J connectivity index is 0.00000200. The number of nitrogens with zero attached hydrogens (tertiary/aromatic N) is 2. The average Bonchev–Trinajstić information content (AvgIpc) is 2.71. The standard InChI is InChI=1S/C14H18N4S.HI/c1-9-4-10(2)6-12(5-9)18-14(15)17-8-13-16-7-11(3)19-13;/h4-7H,8H2,1-3H3,(H3,15,17,18);1H. The van der Waals surface area contributed by atoms with Crippen molar-refractivity contribution in [3.63, 3.8) is 0 Å². The third-order valence-electron chi connectivity index (χ3n) is 2.55. The molecule has 1 aromatic heterocycles. The number of aryl methyl sites for hydroxylation is 3. The molecule has 1 heterocycles. The van der Waals surface area contributed by atoms with E-state index in [-0.39, 0.29) is 24.0 Å². The van der Waals surface area contributed by atoms with Crippen molar-refractivity contribution in [1.29, 1.82) is 0 Å². The highest BCUT2D eigenvalue weighted by atomic mass is 127. The number of aromatic nitrogens is 1. The smallest absolute Gasteiger partial charge is 0.193 e. The van der Waals surface area contributed by atoms with Gasteiger partial charge in [0.15, 0.2) is 5.96 Å². The second kappa shape index (κ2) is 7.58. The Hall–Kier alpha value is -1.15. The molecule has 0 radical (unpaired) electrons. The van der Waals surface area contributed by atoms with Crippen LogP contribution in [0.4, 0.5) is 5.69 Å². The van der Waals surface area contributed by atoms with Crippen LogP contribution in [0.1, 0.15) is 21.0 Å². The Morgan fingerprint density at radius 1 is 1.25 bits per heavy atom. The van der Waals surface area contributed by atoms with Gasteiger partial charge in [-0.1, -0.05) is 6.07 Å². The van der Waals surface area contributed by atoms with Gasteiger partial charge in [-0.25, -0.2) is 9.98 Å². The van der Waals surface area contributed by atoms with Crippen molar-refractivity contribution in [2.45, 2.75) is 27.3 Å². The fourth-order valence-electron chi connectivity index (χ4n) is 1.86. The maximum atomic E-state index is 5.88. The summed E-state index contributed by atoms with van der Waals surface area (Å²) in [6.07, 6.45) is 1.85. The van der Waals surface area contributed by atoms with Gasteiger partial charge >= 0.3 is 0 Å². The van der Waals surface area contributed by atoms with Gasteiger partial charge in [0.1, 0.15) is 5.01 Å². The summed E-state index contributed by atoms with van der Waals surface area (Å²) >= 11 is 1.64. The van der Waals surface area contributed by atoms with Crippen LogP contribution in [0, 0.1) is 20.8 Å². The molecule has 20 heavy (non-hydrogen) atoms. The lowest BCUT2D eigenvalue weighted by atomic mass is 10.1. The van der Waals surface area contributed by atoms with Crippen LogP contribution in [0.5, 0.6) is 0 Å². The van der Waals surface area contributed by atoms with Gasteiger partial charge in [0.2, 0.25) is 0 Å². The van der Waals surface area contributed by atoms with Crippen molar-refractivity contribution < 1.29 is 0 Å². The van der Waals surface area contributed by atoms with Gasteiger partial charge in [0.05, 0.1) is 6.54 Å².